The molecular formula is C13H14FN3O3S. The Labute approximate surface area is 124 Å². The third kappa shape index (κ3) is 3.72. The molecule has 0 unspecified atom stereocenters. The van der Waals surface area contributed by atoms with Crippen LogP contribution in [0.5, 0.6) is 0 Å². The van der Waals surface area contributed by atoms with Crippen molar-refractivity contribution in [3.05, 3.63) is 45.6 Å². The van der Waals surface area contributed by atoms with Crippen molar-refractivity contribution in [2.24, 2.45) is 0 Å². The van der Waals surface area contributed by atoms with E-state index in [9.17, 15) is 14.0 Å². The van der Waals surface area contributed by atoms with Gasteiger partial charge in [-0.2, -0.15) is 0 Å². The van der Waals surface area contributed by atoms with Gasteiger partial charge in [0.15, 0.2) is 5.16 Å². The summed E-state index contributed by atoms with van der Waals surface area (Å²) in [6.07, 6.45) is 0.788. The topological polar surface area (TPSA) is 88.0 Å². The van der Waals surface area contributed by atoms with Gasteiger partial charge in [-0.3, -0.25) is 4.57 Å². The number of aromatic nitrogens is 3. The van der Waals surface area contributed by atoms with Crippen LogP contribution in [0.15, 0.2) is 28.2 Å². The fourth-order valence-corrected chi connectivity index (χ4v) is 2.74. The Kier molecular flexibility index (Phi) is 4.79. The molecule has 0 amide bonds. The third-order valence-corrected chi connectivity index (χ3v) is 3.79. The lowest BCUT2D eigenvalue weighted by Gasteiger charge is -2.05. The number of hydrogen-bond donors (Lipinski definition) is 2. The molecule has 1 aromatic carbocycles. The highest BCUT2D eigenvalue weighted by Gasteiger charge is 2.11. The third-order valence-electron chi connectivity index (χ3n) is 2.74. The Balaban J connectivity index is 2.17. The minimum absolute atomic E-state index is 0.0985. The van der Waals surface area contributed by atoms with Crippen molar-refractivity contribution in [2.75, 3.05) is 0 Å². The summed E-state index contributed by atoms with van der Waals surface area (Å²) >= 11 is 1.25. The quantitative estimate of drug-likeness (QED) is 0.798. The fraction of sp³-hybridized carbons (Fsp3) is 0.308. The Morgan fingerprint density at radius 3 is 2.90 bits per heavy atom. The lowest BCUT2D eigenvalue weighted by Crippen LogP contribution is -2.17. The average molecular weight is 311 g/mol. The molecule has 0 aliphatic heterocycles. The Morgan fingerprint density at radius 2 is 2.24 bits per heavy atom. The molecule has 0 saturated heterocycles. The van der Waals surface area contributed by atoms with E-state index in [1.54, 1.807) is 0 Å². The van der Waals surface area contributed by atoms with Crippen LogP contribution in [0.25, 0.3) is 0 Å². The SMILES string of the molecule is CCCn1c(SCc2cc(F)cc(C(=O)O)c2)n[nH]c1=O. The van der Waals surface area contributed by atoms with E-state index in [1.165, 1.54) is 28.5 Å². The van der Waals surface area contributed by atoms with Crippen LogP contribution >= 0.6 is 11.8 Å². The number of carboxylic acids is 1. The van der Waals surface area contributed by atoms with Crippen molar-refractivity contribution in [1.82, 2.24) is 14.8 Å². The molecule has 0 aliphatic carbocycles. The normalized spacial score (nSPS) is 10.8. The van der Waals surface area contributed by atoms with E-state index in [1.807, 2.05) is 6.92 Å². The number of thioether (sulfide) groups is 1. The highest BCUT2D eigenvalue weighted by atomic mass is 32.2. The molecule has 2 aromatic rings. The zero-order chi connectivity index (χ0) is 15.4. The molecule has 112 valence electrons. The molecule has 1 heterocycles. The van der Waals surface area contributed by atoms with Gasteiger partial charge < -0.3 is 5.11 Å². The van der Waals surface area contributed by atoms with E-state index < -0.39 is 11.8 Å². The molecule has 6 nitrogen and oxygen atoms in total. The van der Waals surface area contributed by atoms with Crippen LogP contribution in [-0.4, -0.2) is 25.8 Å². The van der Waals surface area contributed by atoms with E-state index in [-0.39, 0.29) is 11.3 Å². The molecule has 0 radical (unpaired) electrons. The summed E-state index contributed by atoms with van der Waals surface area (Å²) in [5.74, 6) is -1.45. The minimum atomic E-state index is -1.18. The summed E-state index contributed by atoms with van der Waals surface area (Å²) in [5.41, 5.74) is 0.138. The maximum Gasteiger partial charge on any atom is 0.343 e. The fourth-order valence-electron chi connectivity index (χ4n) is 1.84. The number of nitrogens with zero attached hydrogens (tertiary/aromatic N) is 2. The summed E-state index contributed by atoms with van der Waals surface area (Å²) < 4.78 is 14.9. The lowest BCUT2D eigenvalue weighted by atomic mass is 10.1. The first kappa shape index (κ1) is 15.3. The molecule has 8 heteroatoms. The highest BCUT2D eigenvalue weighted by molar-refractivity contribution is 7.98. The second-order valence-electron chi connectivity index (χ2n) is 4.40. The Morgan fingerprint density at radius 1 is 1.48 bits per heavy atom. The van der Waals surface area contributed by atoms with Gasteiger partial charge in [-0.05, 0) is 30.2 Å². The molecular weight excluding hydrogens is 297 g/mol. The summed E-state index contributed by atoms with van der Waals surface area (Å²) in [5, 5.41) is 15.7. The first-order chi connectivity index (χ1) is 10.0. The molecule has 0 spiro atoms. The molecule has 0 aliphatic rings. The molecule has 0 bridgehead atoms. The Bertz CT molecular complexity index is 711. The van der Waals surface area contributed by atoms with Crippen molar-refractivity contribution >= 4 is 17.7 Å². The van der Waals surface area contributed by atoms with Gasteiger partial charge in [0, 0.05) is 12.3 Å². The summed E-state index contributed by atoms with van der Waals surface area (Å²) in [6, 6.07) is 3.65. The molecule has 2 rings (SSSR count). The first-order valence-corrected chi connectivity index (χ1v) is 7.30. The molecule has 0 fully saturated rings. The number of carbonyl (C=O) groups is 1. The van der Waals surface area contributed by atoms with E-state index in [0.29, 0.717) is 23.0 Å². The van der Waals surface area contributed by atoms with Crippen LogP contribution in [0.3, 0.4) is 0 Å². The van der Waals surface area contributed by atoms with E-state index >= 15 is 0 Å². The maximum atomic E-state index is 13.4. The van der Waals surface area contributed by atoms with Gasteiger partial charge >= 0.3 is 11.7 Å². The largest absolute Gasteiger partial charge is 0.478 e. The second-order valence-corrected chi connectivity index (χ2v) is 5.35. The van der Waals surface area contributed by atoms with E-state index in [4.69, 9.17) is 5.11 Å². The first-order valence-electron chi connectivity index (χ1n) is 6.32. The summed E-state index contributed by atoms with van der Waals surface area (Å²) in [7, 11) is 0. The van der Waals surface area contributed by atoms with Crippen LogP contribution in [0.1, 0.15) is 29.3 Å². The Hall–Kier alpha value is -2.09. The molecule has 21 heavy (non-hydrogen) atoms. The van der Waals surface area contributed by atoms with Crippen LogP contribution in [0.2, 0.25) is 0 Å². The number of aromatic carboxylic acids is 1. The van der Waals surface area contributed by atoms with Gasteiger partial charge in [-0.15, -0.1) is 5.10 Å². The number of hydrogen-bond acceptors (Lipinski definition) is 4. The van der Waals surface area contributed by atoms with E-state index in [2.05, 4.69) is 10.2 Å². The molecule has 0 saturated carbocycles. The number of halogens is 1. The van der Waals surface area contributed by atoms with Crippen LogP contribution in [0, 0.1) is 5.82 Å². The van der Waals surface area contributed by atoms with Crippen LogP contribution in [-0.2, 0) is 12.3 Å². The minimum Gasteiger partial charge on any atom is -0.478 e. The van der Waals surface area contributed by atoms with Gasteiger partial charge in [0.1, 0.15) is 5.82 Å². The van der Waals surface area contributed by atoms with Gasteiger partial charge in [-0.25, -0.2) is 19.1 Å². The zero-order valence-corrected chi connectivity index (χ0v) is 12.1. The average Bonchev–Trinajstić information content (AvgIpc) is 2.77. The monoisotopic (exact) mass is 311 g/mol. The van der Waals surface area contributed by atoms with Crippen molar-refractivity contribution in [2.45, 2.75) is 30.8 Å². The molecule has 2 N–H and O–H groups in total. The van der Waals surface area contributed by atoms with Gasteiger partial charge in [0.2, 0.25) is 0 Å². The number of aromatic amines is 1. The summed E-state index contributed by atoms with van der Waals surface area (Å²) in [6.45, 7) is 2.49. The number of rotatable bonds is 6. The van der Waals surface area contributed by atoms with Crippen LogP contribution in [0.4, 0.5) is 4.39 Å². The standard InChI is InChI=1S/C13H14FN3O3S/c1-2-3-17-12(20)15-16-13(17)21-7-8-4-9(11(18)19)6-10(14)5-8/h4-6H,2-3,7H2,1H3,(H,15,20)(H,18,19). The maximum absolute atomic E-state index is 13.4. The van der Waals surface area contributed by atoms with Crippen molar-refractivity contribution < 1.29 is 14.3 Å². The van der Waals surface area contributed by atoms with Crippen molar-refractivity contribution in [1.29, 1.82) is 0 Å². The number of H-pyrrole nitrogens is 1. The molecule has 1 aromatic heterocycles. The second kappa shape index (κ2) is 6.57. The predicted molar refractivity (Wildman–Crippen MR) is 76.1 cm³/mol. The smallest absolute Gasteiger partial charge is 0.343 e. The highest BCUT2D eigenvalue weighted by Crippen LogP contribution is 2.21. The van der Waals surface area contributed by atoms with Gasteiger partial charge in [-0.1, -0.05) is 18.7 Å². The van der Waals surface area contributed by atoms with E-state index in [0.717, 1.165) is 12.5 Å². The predicted octanol–water partition coefficient (Wildman–Crippen LogP) is 2.11. The van der Waals surface area contributed by atoms with Crippen molar-refractivity contribution in [3.8, 4) is 0 Å². The lowest BCUT2D eigenvalue weighted by molar-refractivity contribution is 0.0696. The van der Waals surface area contributed by atoms with Gasteiger partial charge in [0.25, 0.3) is 0 Å². The number of benzene rings is 1. The van der Waals surface area contributed by atoms with Gasteiger partial charge in [0.05, 0.1) is 5.56 Å². The van der Waals surface area contributed by atoms with Crippen molar-refractivity contribution in [3.63, 3.8) is 0 Å². The zero-order valence-electron chi connectivity index (χ0n) is 11.3. The number of carboxylic acid groups (broad SMARTS) is 1. The number of nitrogens with one attached hydrogen (secondary N) is 1. The molecule has 0 atom stereocenters. The summed E-state index contributed by atoms with van der Waals surface area (Å²) in [4.78, 5) is 22.4. The van der Waals surface area contributed by atoms with Crippen LogP contribution < -0.4 is 5.69 Å².